The molecule has 0 unspecified atom stereocenters. The lowest BCUT2D eigenvalue weighted by molar-refractivity contribution is 0.0991. The van der Waals surface area contributed by atoms with Crippen LogP contribution in [0.25, 0.3) is 22.2 Å². The molecule has 0 aliphatic heterocycles. The summed E-state index contributed by atoms with van der Waals surface area (Å²) < 4.78 is 5.31. The van der Waals surface area contributed by atoms with Crippen LogP contribution in [0, 0.1) is 0 Å². The van der Waals surface area contributed by atoms with Crippen LogP contribution in [-0.4, -0.2) is 25.7 Å². The predicted molar refractivity (Wildman–Crippen MR) is 87.3 cm³/mol. The molecule has 6 nitrogen and oxygen atoms in total. The summed E-state index contributed by atoms with van der Waals surface area (Å²) in [5, 5.41) is 0.901. The van der Waals surface area contributed by atoms with E-state index in [4.69, 9.17) is 4.42 Å². The molecule has 116 valence electrons. The molecule has 1 aromatic carbocycles. The molecular weight excluding hydrogens is 304 g/mol. The van der Waals surface area contributed by atoms with Crippen molar-refractivity contribution in [3.63, 3.8) is 0 Å². The lowest BCUT2D eigenvalue weighted by Gasteiger charge is -2.04. The minimum atomic E-state index is -0.0388. The average molecular weight is 316 g/mol. The molecule has 3 aromatic heterocycles. The number of rotatable bonds is 4. The summed E-state index contributed by atoms with van der Waals surface area (Å²) in [5.74, 6) is 1.12. The number of aromatic nitrogens is 4. The van der Waals surface area contributed by atoms with Gasteiger partial charge in [-0.2, -0.15) is 0 Å². The number of oxazole rings is 1. The third-order valence-electron chi connectivity index (χ3n) is 3.67. The number of Topliss-reactive ketones (excluding diaryl/α,β-unsaturated/α-hetero) is 1. The van der Waals surface area contributed by atoms with Crippen molar-refractivity contribution in [1.29, 1.82) is 0 Å². The molecule has 0 aliphatic carbocycles. The Balaban J connectivity index is 1.66. The summed E-state index contributed by atoms with van der Waals surface area (Å²) in [5.41, 5.74) is 2.24. The van der Waals surface area contributed by atoms with Gasteiger partial charge in [0.15, 0.2) is 17.9 Å². The Labute approximate surface area is 137 Å². The number of nitrogens with zero attached hydrogens (tertiary/aromatic N) is 4. The number of fused-ring (bicyclic) bond motifs is 1. The van der Waals surface area contributed by atoms with E-state index < -0.39 is 0 Å². The highest BCUT2D eigenvalue weighted by Gasteiger charge is 2.10. The quantitative estimate of drug-likeness (QED) is 0.538. The first kappa shape index (κ1) is 14.2. The third kappa shape index (κ3) is 2.77. The molecule has 0 bridgehead atoms. The number of hydrogen-bond donors (Lipinski definition) is 0. The summed E-state index contributed by atoms with van der Waals surface area (Å²) in [6.07, 6.45) is 8.10. The van der Waals surface area contributed by atoms with Crippen LogP contribution in [0.5, 0.6) is 0 Å². The molecule has 6 heteroatoms. The molecule has 0 radical (unpaired) electrons. The van der Waals surface area contributed by atoms with Gasteiger partial charge in [0.1, 0.15) is 5.82 Å². The van der Waals surface area contributed by atoms with E-state index in [2.05, 4.69) is 19.9 Å². The maximum Gasteiger partial charge on any atom is 0.181 e. The van der Waals surface area contributed by atoms with Crippen molar-refractivity contribution in [2.75, 3.05) is 0 Å². The highest BCUT2D eigenvalue weighted by atomic mass is 16.3. The lowest BCUT2D eigenvalue weighted by Crippen LogP contribution is -2.07. The van der Waals surface area contributed by atoms with Crippen LogP contribution in [0.1, 0.15) is 16.2 Å². The van der Waals surface area contributed by atoms with Gasteiger partial charge in [-0.25, -0.2) is 15.0 Å². The summed E-state index contributed by atoms with van der Waals surface area (Å²) in [7, 11) is 0. The number of ketones is 1. The molecular formula is C18H12N4O2. The van der Waals surface area contributed by atoms with Gasteiger partial charge in [0, 0.05) is 35.1 Å². The van der Waals surface area contributed by atoms with Crippen LogP contribution in [0.2, 0.25) is 0 Å². The standard InChI is InChI=1S/C18H12N4O2/c23-16(12-3-5-19-6-4-12)8-18-21-9-14-2-1-13(7-15(14)22-18)17-10-20-11-24-17/h1-7,9-11H,8H2. The minimum absolute atomic E-state index is 0.0388. The largest absolute Gasteiger partial charge is 0.444 e. The smallest absolute Gasteiger partial charge is 0.181 e. The zero-order valence-electron chi connectivity index (χ0n) is 12.6. The zero-order valence-corrected chi connectivity index (χ0v) is 12.6. The summed E-state index contributed by atoms with van der Waals surface area (Å²) in [6.45, 7) is 0. The van der Waals surface area contributed by atoms with E-state index in [9.17, 15) is 4.79 Å². The summed E-state index contributed by atoms with van der Waals surface area (Å²) in [6, 6.07) is 9.12. The van der Waals surface area contributed by atoms with Crippen LogP contribution < -0.4 is 0 Å². The SMILES string of the molecule is O=C(Cc1ncc2ccc(-c3cnco3)cc2n1)c1ccncc1. The van der Waals surface area contributed by atoms with Gasteiger partial charge in [-0.1, -0.05) is 12.1 Å². The van der Waals surface area contributed by atoms with E-state index >= 15 is 0 Å². The molecule has 0 N–H and O–H groups in total. The number of pyridine rings is 1. The van der Waals surface area contributed by atoms with Gasteiger partial charge in [0.2, 0.25) is 0 Å². The summed E-state index contributed by atoms with van der Waals surface area (Å²) >= 11 is 0. The first-order valence-corrected chi connectivity index (χ1v) is 7.37. The normalized spacial score (nSPS) is 10.8. The van der Waals surface area contributed by atoms with Crippen LogP contribution in [-0.2, 0) is 6.42 Å². The van der Waals surface area contributed by atoms with E-state index in [0.29, 0.717) is 17.1 Å². The Hall–Kier alpha value is -3.41. The fourth-order valence-corrected chi connectivity index (χ4v) is 2.44. The van der Waals surface area contributed by atoms with Gasteiger partial charge >= 0.3 is 0 Å². The van der Waals surface area contributed by atoms with E-state index in [0.717, 1.165) is 16.5 Å². The second-order valence-corrected chi connectivity index (χ2v) is 5.26. The minimum Gasteiger partial charge on any atom is -0.444 e. The van der Waals surface area contributed by atoms with Gasteiger partial charge in [-0.3, -0.25) is 9.78 Å². The third-order valence-corrected chi connectivity index (χ3v) is 3.67. The van der Waals surface area contributed by atoms with Crippen molar-refractivity contribution in [2.45, 2.75) is 6.42 Å². The molecule has 3 heterocycles. The second kappa shape index (κ2) is 6.00. The Bertz CT molecular complexity index is 998. The first-order valence-electron chi connectivity index (χ1n) is 7.37. The van der Waals surface area contributed by atoms with E-state index in [1.165, 1.54) is 6.39 Å². The molecule has 4 rings (SSSR count). The number of carbonyl (C=O) groups excluding carboxylic acids is 1. The zero-order chi connectivity index (χ0) is 16.4. The van der Waals surface area contributed by atoms with Crippen LogP contribution >= 0.6 is 0 Å². The van der Waals surface area contributed by atoms with Gasteiger partial charge in [0.25, 0.3) is 0 Å². The predicted octanol–water partition coefficient (Wildman–Crippen LogP) is 3.11. The summed E-state index contributed by atoms with van der Waals surface area (Å²) in [4.78, 5) is 28.9. The molecule has 0 saturated carbocycles. The molecule has 0 saturated heterocycles. The Kier molecular flexibility index (Phi) is 3.55. The number of hydrogen-bond acceptors (Lipinski definition) is 6. The Morgan fingerprint density at radius 3 is 2.71 bits per heavy atom. The maximum atomic E-state index is 12.3. The monoisotopic (exact) mass is 316 g/mol. The Morgan fingerprint density at radius 1 is 1.04 bits per heavy atom. The van der Waals surface area contributed by atoms with Crippen molar-refractivity contribution in [3.8, 4) is 11.3 Å². The van der Waals surface area contributed by atoms with Crippen molar-refractivity contribution in [2.24, 2.45) is 0 Å². The van der Waals surface area contributed by atoms with E-state index in [1.807, 2.05) is 18.2 Å². The molecule has 4 aromatic rings. The van der Waals surface area contributed by atoms with Crippen LogP contribution in [0.3, 0.4) is 0 Å². The van der Waals surface area contributed by atoms with Gasteiger partial charge in [-0.15, -0.1) is 0 Å². The van der Waals surface area contributed by atoms with Crippen molar-refractivity contribution < 1.29 is 9.21 Å². The van der Waals surface area contributed by atoms with E-state index in [-0.39, 0.29) is 12.2 Å². The highest BCUT2D eigenvalue weighted by molar-refractivity contribution is 5.97. The topological polar surface area (TPSA) is 81.8 Å². The molecule has 0 fully saturated rings. The lowest BCUT2D eigenvalue weighted by atomic mass is 10.1. The van der Waals surface area contributed by atoms with Crippen molar-refractivity contribution in [1.82, 2.24) is 19.9 Å². The fourth-order valence-electron chi connectivity index (χ4n) is 2.44. The molecule has 0 aliphatic rings. The number of benzene rings is 1. The van der Waals surface area contributed by atoms with Crippen molar-refractivity contribution in [3.05, 3.63) is 72.9 Å². The Morgan fingerprint density at radius 2 is 1.92 bits per heavy atom. The first-order chi connectivity index (χ1) is 11.8. The van der Waals surface area contributed by atoms with Crippen molar-refractivity contribution >= 4 is 16.7 Å². The highest BCUT2D eigenvalue weighted by Crippen LogP contribution is 2.23. The van der Waals surface area contributed by atoms with E-state index in [1.54, 1.807) is 36.9 Å². The number of carbonyl (C=O) groups is 1. The van der Waals surface area contributed by atoms with Crippen LogP contribution in [0.4, 0.5) is 0 Å². The maximum absolute atomic E-state index is 12.3. The van der Waals surface area contributed by atoms with Gasteiger partial charge in [0.05, 0.1) is 18.1 Å². The van der Waals surface area contributed by atoms with Gasteiger partial charge < -0.3 is 4.42 Å². The fraction of sp³-hybridized carbons (Fsp3) is 0.0556. The average Bonchev–Trinajstić information content (AvgIpc) is 3.16. The molecule has 0 spiro atoms. The second-order valence-electron chi connectivity index (χ2n) is 5.26. The molecule has 24 heavy (non-hydrogen) atoms. The molecule has 0 amide bonds. The molecule has 0 atom stereocenters. The van der Waals surface area contributed by atoms with Gasteiger partial charge in [-0.05, 0) is 18.2 Å². The van der Waals surface area contributed by atoms with Crippen LogP contribution in [0.15, 0.2) is 65.9 Å².